The minimum atomic E-state index is 0.511. The summed E-state index contributed by atoms with van der Waals surface area (Å²) in [5, 5.41) is 0. The van der Waals surface area contributed by atoms with Gasteiger partial charge in [0, 0.05) is 32.4 Å². The zero-order valence-corrected chi connectivity index (χ0v) is 10.3. The molecule has 3 nitrogen and oxygen atoms in total. The highest BCUT2D eigenvalue weighted by Crippen LogP contribution is 2.24. The van der Waals surface area contributed by atoms with E-state index < -0.39 is 0 Å². The Morgan fingerprint density at radius 2 is 1.78 bits per heavy atom. The molecular weight excluding hydrogens is 222 g/mol. The number of hydrogen-bond acceptors (Lipinski definition) is 3. The third-order valence-electron chi connectivity index (χ3n) is 3.48. The Kier molecular flexibility index (Phi) is 3.09. The predicted molar refractivity (Wildman–Crippen MR) is 71.5 cm³/mol. The fraction of sp³-hybridized carbons (Fsp3) is 0.267. The van der Waals surface area contributed by atoms with Gasteiger partial charge < -0.3 is 5.73 Å². The standard InChI is InChI=1S/C15H17N3/c16-8-15-14(6-3-7-17-15)11-18-9-12-4-1-2-5-13(12)10-18/h1-7H,8-11,16H2. The first-order chi connectivity index (χ1) is 8.86. The van der Waals surface area contributed by atoms with Gasteiger partial charge in [-0.2, -0.15) is 0 Å². The molecule has 3 heteroatoms. The van der Waals surface area contributed by atoms with Crippen molar-refractivity contribution in [1.82, 2.24) is 9.88 Å². The second kappa shape index (κ2) is 4.88. The van der Waals surface area contributed by atoms with Crippen molar-refractivity contribution in [2.24, 2.45) is 5.73 Å². The van der Waals surface area contributed by atoms with Crippen LogP contribution in [0.1, 0.15) is 22.4 Å². The number of nitrogens with two attached hydrogens (primary N) is 1. The Labute approximate surface area is 107 Å². The lowest BCUT2D eigenvalue weighted by Gasteiger charge is -2.16. The quantitative estimate of drug-likeness (QED) is 0.891. The van der Waals surface area contributed by atoms with Crippen LogP contribution in [0.15, 0.2) is 42.6 Å². The summed E-state index contributed by atoms with van der Waals surface area (Å²) < 4.78 is 0. The Bertz CT molecular complexity index is 526. The average Bonchev–Trinajstić information content (AvgIpc) is 2.81. The van der Waals surface area contributed by atoms with E-state index in [-0.39, 0.29) is 0 Å². The highest BCUT2D eigenvalue weighted by atomic mass is 15.1. The van der Waals surface area contributed by atoms with E-state index in [9.17, 15) is 0 Å². The number of fused-ring (bicyclic) bond motifs is 1. The highest BCUT2D eigenvalue weighted by molar-refractivity contribution is 5.31. The van der Waals surface area contributed by atoms with Gasteiger partial charge in [-0.15, -0.1) is 0 Å². The van der Waals surface area contributed by atoms with Crippen molar-refractivity contribution in [2.75, 3.05) is 0 Å². The molecule has 1 aliphatic heterocycles. The summed E-state index contributed by atoms with van der Waals surface area (Å²) in [6, 6.07) is 12.7. The van der Waals surface area contributed by atoms with Crippen molar-refractivity contribution < 1.29 is 0 Å². The average molecular weight is 239 g/mol. The molecule has 0 amide bonds. The van der Waals surface area contributed by atoms with Gasteiger partial charge in [-0.1, -0.05) is 30.3 Å². The molecule has 3 rings (SSSR count). The van der Waals surface area contributed by atoms with E-state index in [2.05, 4.69) is 40.2 Å². The maximum atomic E-state index is 5.73. The first kappa shape index (κ1) is 11.4. The SMILES string of the molecule is NCc1ncccc1CN1Cc2ccccc2C1. The molecular formula is C15H17N3. The molecule has 0 unspecified atom stereocenters. The van der Waals surface area contributed by atoms with Gasteiger partial charge in [-0.05, 0) is 22.8 Å². The van der Waals surface area contributed by atoms with Crippen LogP contribution in [0.4, 0.5) is 0 Å². The topological polar surface area (TPSA) is 42.1 Å². The lowest BCUT2D eigenvalue weighted by molar-refractivity contribution is 0.274. The largest absolute Gasteiger partial charge is 0.325 e. The molecule has 0 saturated heterocycles. The van der Waals surface area contributed by atoms with Crippen LogP contribution in [-0.4, -0.2) is 9.88 Å². The number of nitrogens with zero attached hydrogens (tertiary/aromatic N) is 2. The van der Waals surface area contributed by atoms with Crippen LogP contribution in [0.5, 0.6) is 0 Å². The summed E-state index contributed by atoms with van der Waals surface area (Å²) in [5.74, 6) is 0. The number of aromatic nitrogens is 1. The zero-order chi connectivity index (χ0) is 12.4. The molecule has 0 saturated carbocycles. The lowest BCUT2D eigenvalue weighted by Crippen LogP contribution is -2.18. The molecule has 2 N–H and O–H groups in total. The van der Waals surface area contributed by atoms with Crippen LogP contribution < -0.4 is 5.73 Å². The van der Waals surface area contributed by atoms with Crippen LogP contribution in [0.3, 0.4) is 0 Å². The van der Waals surface area contributed by atoms with Crippen molar-refractivity contribution in [3.8, 4) is 0 Å². The third-order valence-corrected chi connectivity index (χ3v) is 3.48. The van der Waals surface area contributed by atoms with Crippen LogP contribution in [0.2, 0.25) is 0 Å². The van der Waals surface area contributed by atoms with E-state index in [1.54, 1.807) is 0 Å². The van der Waals surface area contributed by atoms with Crippen molar-refractivity contribution in [3.05, 3.63) is 65.0 Å². The summed E-state index contributed by atoms with van der Waals surface area (Å²) in [6.07, 6.45) is 1.81. The first-order valence-electron chi connectivity index (χ1n) is 6.29. The van der Waals surface area contributed by atoms with Gasteiger partial charge in [-0.3, -0.25) is 9.88 Å². The van der Waals surface area contributed by atoms with Crippen molar-refractivity contribution in [1.29, 1.82) is 0 Å². The van der Waals surface area contributed by atoms with Gasteiger partial charge >= 0.3 is 0 Å². The summed E-state index contributed by atoms with van der Waals surface area (Å²) >= 11 is 0. The predicted octanol–water partition coefficient (Wildman–Crippen LogP) is 2.06. The molecule has 0 spiro atoms. The second-order valence-electron chi connectivity index (χ2n) is 4.73. The maximum absolute atomic E-state index is 5.73. The molecule has 92 valence electrons. The Hall–Kier alpha value is -1.71. The lowest BCUT2D eigenvalue weighted by atomic mass is 10.1. The highest BCUT2D eigenvalue weighted by Gasteiger charge is 2.18. The van der Waals surface area contributed by atoms with Gasteiger partial charge in [0.15, 0.2) is 0 Å². The van der Waals surface area contributed by atoms with Crippen molar-refractivity contribution in [2.45, 2.75) is 26.2 Å². The van der Waals surface area contributed by atoms with Crippen LogP contribution in [0, 0.1) is 0 Å². The molecule has 1 aromatic heterocycles. The monoisotopic (exact) mass is 239 g/mol. The smallest absolute Gasteiger partial charge is 0.0584 e. The Morgan fingerprint density at radius 3 is 2.44 bits per heavy atom. The van der Waals surface area contributed by atoms with E-state index in [0.717, 1.165) is 25.3 Å². The number of hydrogen-bond donors (Lipinski definition) is 1. The summed E-state index contributed by atoms with van der Waals surface area (Å²) in [5.41, 5.74) is 10.9. The second-order valence-corrected chi connectivity index (χ2v) is 4.73. The normalized spacial score (nSPS) is 14.7. The summed E-state index contributed by atoms with van der Waals surface area (Å²) in [6.45, 7) is 3.48. The number of benzene rings is 1. The molecule has 0 bridgehead atoms. The van der Waals surface area contributed by atoms with E-state index in [0.29, 0.717) is 6.54 Å². The van der Waals surface area contributed by atoms with E-state index in [1.807, 2.05) is 12.3 Å². The minimum absolute atomic E-state index is 0.511. The van der Waals surface area contributed by atoms with Gasteiger partial charge in [0.1, 0.15) is 0 Å². The molecule has 2 heterocycles. The van der Waals surface area contributed by atoms with Crippen molar-refractivity contribution >= 4 is 0 Å². The molecule has 1 aromatic carbocycles. The number of pyridine rings is 1. The first-order valence-corrected chi connectivity index (χ1v) is 6.29. The van der Waals surface area contributed by atoms with Gasteiger partial charge in [0.2, 0.25) is 0 Å². The Morgan fingerprint density at radius 1 is 1.06 bits per heavy atom. The molecule has 0 atom stereocenters. The summed E-state index contributed by atoms with van der Waals surface area (Å²) in [4.78, 5) is 6.77. The molecule has 0 fully saturated rings. The molecule has 2 aromatic rings. The van der Waals surface area contributed by atoms with Crippen molar-refractivity contribution in [3.63, 3.8) is 0 Å². The zero-order valence-electron chi connectivity index (χ0n) is 10.3. The number of rotatable bonds is 3. The molecule has 0 radical (unpaired) electrons. The fourth-order valence-corrected chi connectivity index (χ4v) is 2.56. The maximum Gasteiger partial charge on any atom is 0.0584 e. The fourth-order valence-electron chi connectivity index (χ4n) is 2.56. The van der Waals surface area contributed by atoms with Gasteiger partial charge in [0.25, 0.3) is 0 Å². The van der Waals surface area contributed by atoms with E-state index in [4.69, 9.17) is 5.73 Å². The molecule has 1 aliphatic rings. The van der Waals surface area contributed by atoms with Crippen LogP contribution >= 0.6 is 0 Å². The van der Waals surface area contributed by atoms with Gasteiger partial charge in [0.05, 0.1) is 5.69 Å². The Balaban J connectivity index is 1.76. The van der Waals surface area contributed by atoms with E-state index in [1.165, 1.54) is 16.7 Å². The molecule has 0 aliphatic carbocycles. The summed E-state index contributed by atoms with van der Waals surface area (Å²) in [7, 11) is 0. The molecule has 18 heavy (non-hydrogen) atoms. The van der Waals surface area contributed by atoms with Crippen LogP contribution in [-0.2, 0) is 26.2 Å². The third kappa shape index (κ3) is 2.15. The van der Waals surface area contributed by atoms with E-state index >= 15 is 0 Å². The minimum Gasteiger partial charge on any atom is -0.325 e. The van der Waals surface area contributed by atoms with Gasteiger partial charge in [-0.25, -0.2) is 0 Å². The van der Waals surface area contributed by atoms with Crippen LogP contribution in [0.25, 0.3) is 0 Å².